The summed E-state index contributed by atoms with van der Waals surface area (Å²) in [6.45, 7) is 2.21. The number of likely N-dealkylation sites (tertiary alicyclic amines) is 2. The molecule has 6 nitrogen and oxygen atoms in total. The fourth-order valence-corrected chi connectivity index (χ4v) is 3.81. The van der Waals surface area contributed by atoms with Gasteiger partial charge in [-0.15, -0.1) is 0 Å². The van der Waals surface area contributed by atoms with Crippen LogP contribution in [-0.2, 0) is 11.3 Å². The lowest BCUT2D eigenvalue weighted by atomic mass is 9.90. The summed E-state index contributed by atoms with van der Waals surface area (Å²) < 4.78 is 19.2. The summed E-state index contributed by atoms with van der Waals surface area (Å²) in [5.74, 6) is -0.206. The lowest BCUT2D eigenvalue weighted by Crippen LogP contribution is -2.59. The zero-order valence-electron chi connectivity index (χ0n) is 15.2. The summed E-state index contributed by atoms with van der Waals surface area (Å²) in [5, 5.41) is 20.6. The van der Waals surface area contributed by atoms with Crippen molar-refractivity contribution >= 4 is 5.91 Å². The quantitative estimate of drug-likeness (QED) is 0.818. The van der Waals surface area contributed by atoms with Crippen LogP contribution in [0.2, 0.25) is 0 Å². The molecule has 0 saturated carbocycles. The fraction of sp³-hybridized carbons (Fsp3) is 0.632. The fourth-order valence-electron chi connectivity index (χ4n) is 3.81. The van der Waals surface area contributed by atoms with E-state index in [2.05, 4.69) is 0 Å². The number of aliphatic hydroxyl groups excluding tert-OH is 1. The zero-order valence-corrected chi connectivity index (χ0v) is 15.2. The van der Waals surface area contributed by atoms with E-state index in [4.69, 9.17) is 4.74 Å². The van der Waals surface area contributed by atoms with E-state index < -0.39 is 11.4 Å². The van der Waals surface area contributed by atoms with Crippen LogP contribution in [-0.4, -0.2) is 70.9 Å². The molecule has 1 aromatic rings. The third-order valence-electron chi connectivity index (χ3n) is 5.36. The number of amides is 1. The van der Waals surface area contributed by atoms with E-state index in [1.165, 1.54) is 24.1 Å². The van der Waals surface area contributed by atoms with Gasteiger partial charge in [0.05, 0.1) is 13.2 Å². The molecule has 2 heterocycles. The second-order valence-electron chi connectivity index (χ2n) is 7.33. The smallest absolute Gasteiger partial charge is 0.256 e. The van der Waals surface area contributed by atoms with Gasteiger partial charge in [0.2, 0.25) is 0 Å². The van der Waals surface area contributed by atoms with Crippen molar-refractivity contribution in [2.75, 3.05) is 33.3 Å². The minimum absolute atomic E-state index is 0.114. The topological polar surface area (TPSA) is 73.2 Å². The van der Waals surface area contributed by atoms with E-state index in [0.29, 0.717) is 56.6 Å². The van der Waals surface area contributed by atoms with Gasteiger partial charge in [0.25, 0.3) is 5.91 Å². The highest BCUT2D eigenvalue weighted by Gasteiger charge is 2.43. The number of methoxy groups -OCH3 is 1. The Kier molecular flexibility index (Phi) is 5.79. The molecule has 2 aliphatic heterocycles. The van der Waals surface area contributed by atoms with E-state index in [-0.39, 0.29) is 25.1 Å². The minimum atomic E-state index is -1.45. The Hall–Kier alpha value is -1.70. The van der Waals surface area contributed by atoms with E-state index in [0.717, 1.165) is 0 Å². The molecule has 7 heteroatoms. The van der Waals surface area contributed by atoms with Crippen LogP contribution in [0, 0.1) is 5.82 Å². The van der Waals surface area contributed by atoms with Gasteiger partial charge in [-0.3, -0.25) is 9.69 Å². The first-order valence-corrected chi connectivity index (χ1v) is 9.16. The third kappa shape index (κ3) is 4.16. The Bertz CT molecular complexity index is 648. The van der Waals surface area contributed by atoms with Gasteiger partial charge in [0, 0.05) is 38.3 Å². The maximum atomic E-state index is 14.1. The third-order valence-corrected chi connectivity index (χ3v) is 5.36. The molecular weight excluding hydrogens is 339 g/mol. The Morgan fingerprint density at radius 1 is 1.31 bits per heavy atom. The van der Waals surface area contributed by atoms with Gasteiger partial charge < -0.3 is 19.8 Å². The van der Waals surface area contributed by atoms with Crippen molar-refractivity contribution in [3.63, 3.8) is 0 Å². The van der Waals surface area contributed by atoms with Gasteiger partial charge in [-0.1, -0.05) is 0 Å². The Morgan fingerprint density at radius 3 is 2.73 bits per heavy atom. The first-order valence-electron chi connectivity index (χ1n) is 9.16. The van der Waals surface area contributed by atoms with E-state index in [1.807, 2.05) is 4.90 Å². The molecule has 0 aliphatic carbocycles. The van der Waals surface area contributed by atoms with Crippen molar-refractivity contribution < 1.29 is 24.1 Å². The van der Waals surface area contributed by atoms with Gasteiger partial charge in [0.1, 0.15) is 11.6 Å². The highest BCUT2D eigenvalue weighted by atomic mass is 19.1. The van der Waals surface area contributed by atoms with Crippen molar-refractivity contribution in [3.8, 4) is 5.75 Å². The normalized spacial score (nSPS) is 25.5. The molecule has 0 bridgehead atoms. The number of nitrogens with zero attached hydrogens (tertiary/aromatic N) is 2. The number of hydrogen-bond donors (Lipinski definition) is 2. The molecule has 1 amide bonds. The standard InChI is InChI=1S/C19H27FN2O4/c1-26-16-3-4-17(20)14(11-16)12-22-8-2-7-19(25,18(22)24)13-21-9-5-15(23)6-10-21/h3-4,11,15,23,25H,2,5-10,12-13H2,1H3/t19-/m0/s1. The Labute approximate surface area is 153 Å². The number of aliphatic hydroxyl groups is 2. The summed E-state index contributed by atoms with van der Waals surface area (Å²) in [7, 11) is 1.51. The monoisotopic (exact) mass is 366 g/mol. The molecule has 144 valence electrons. The van der Waals surface area contributed by atoms with Crippen molar-refractivity contribution in [1.82, 2.24) is 9.80 Å². The van der Waals surface area contributed by atoms with E-state index >= 15 is 0 Å². The minimum Gasteiger partial charge on any atom is -0.497 e. The Morgan fingerprint density at radius 2 is 2.04 bits per heavy atom. The highest BCUT2D eigenvalue weighted by molar-refractivity contribution is 5.86. The SMILES string of the molecule is COc1ccc(F)c(CN2CCC[C@](O)(CN3CCC(O)CC3)C2=O)c1. The number of rotatable bonds is 5. The number of halogens is 1. The molecular formula is C19H27FN2O4. The molecule has 2 N–H and O–H groups in total. The second kappa shape index (κ2) is 7.90. The van der Waals surface area contributed by atoms with Crippen molar-refractivity contribution in [1.29, 1.82) is 0 Å². The van der Waals surface area contributed by atoms with Crippen LogP contribution in [0.1, 0.15) is 31.2 Å². The summed E-state index contributed by atoms with van der Waals surface area (Å²) in [6, 6.07) is 4.45. The average molecular weight is 366 g/mol. The molecule has 2 aliphatic rings. The van der Waals surface area contributed by atoms with Crippen LogP contribution in [0.25, 0.3) is 0 Å². The lowest BCUT2D eigenvalue weighted by Gasteiger charge is -2.42. The number of piperidine rings is 2. The summed E-state index contributed by atoms with van der Waals surface area (Å²) in [6.07, 6.45) is 2.09. The lowest BCUT2D eigenvalue weighted by molar-refractivity contribution is -0.160. The largest absolute Gasteiger partial charge is 0.497 e. The van der Waals surface area contributed by atoms with Crippen LogP contribution in [0.3, 0.4) is 0 Å². The molecule has 26 heavy (non-hydrogen) atoms. The average Bonchev–Trinajstić information content (AvgIpc) is 2.63. The Balaban J connectivity index is 1.69. The maximum absolute atomic E-state index is 14.1. The number of carbonyl (C=O) groups excluding carboxylic acids is 1. The van der Waals surface area contributed by atoms with Crippen LogP contribution < -0.4 is 4.74 Å². The first-order chi connectivity index (χ1) is 12.4. The molecule has 2 saturated heterocycles. The number of ether oxygens (including phenoxy) is 1. The van der Waals surface area contributed by atoms with E-state index in [1.54, 1.807) is 6.07 Å². The summed E-state index contributed by atoms with van der Waals surface area (Å²) in [4.78, 5) is 16.5. The van der Waals surface area contributed by atoms with Crippen LogP contribution in [0.15, 0.2) is 18.2 Å². The summed E-state index contributed by atoms with van der Waals surface area (Å²) >= 11 is 0. The number of carbonyl (C=O) groups is 1. The van der Waals surface area contributed by atoms with Crippen molar-refractivity contribution in [2.45, 2.75) is 43.9 Å². The van der Waals surface area contributed by atoms with Crippen LogP contribution in [0.5, 0.6) is 5.75 Å². The van der Waals surface area contributed by atoms with Gasteiger partial charge in [0.15, 0.2) is 5.60 Å². The van der Waals surface area contributed by atoms with Gasteiger partial charge in [-0.05, 0) is 43.9 Å². The summed E-state index contributed by atoms with van der Waals surface area (Å²) in [5.41, 5.74) is -1.07. The molecule has 1 aromatic carbocycles. The molecule has 2 fully saturated rings. The molecule has 0 radical (unpaired) electrons. The number of hydrogen-bond acceptors (Lipinski definition) is 5. The number of β-amino-alcohol motifs (C(OH)–C–C–N with tert-alkyl or cyclic N) is 1. The maximum Gasteiger partial charge on any atom is 0.256 e. The van der Waals surface area contributed by atoms with Gasteiger partial charge in [-0.2, -0.15) is 0 Å². The second-order valence-corrected chi connectivity index (χ2v) is 7.33. The number of benzene rings is 1. The van der Waals surface area contributed by atoms with Gasteiger partial charge >= 0.3 is 0 Å². The van der Waals surface area contributed by atoms with Crippen LogP contribution >= 0.6 is 0 Å². The first kappa shape index (κ1) is 19.1. The zero-order chi connectivity index (χ0) is 18.7. The predicted octanol–water partition coefficient (Wildman–Crippen LogP) is 1.14. The molecule has 0 unspecified atom stereocenters. The van der Waals surface area contributed by atoms with Crippen molar-refractivity contribution in [3.05, 3.63) is 29.6 Å². The molecule has 0 spiro atoms. The molecule has 1 atom stereocenters. The van der Waals surface area contributed by atoms with E-state index in [9.17, 15) is 19.4 Å². The van der Waals surface area contributed by atoms with Crippen LogP contribution in [0.4, 0.5) is 4.39 Å². The van der Waals surface area contributed by atoms with Gasteiger partial charge in [-0.25, -0.2) is 4.39 Å². The predicted molar refractivity (Wildman–Crippen MR) is 94.2 cm³/mol. The van der Waals surface area contributed by atoms with Crippen molar-refractivity contribution in [2.24, 2.45) is 0 Å². The highest BCUT2D eigenvalue weighted by Crippen LogP contribution is 2.27. The molecule has 0 aromatic heterocycles. The molecule has 3 rings (SSSR count).